The van der Waals surface area contributed by atoms with Crippen LogP contribution in [-0.4, -0.2) is 16.2 Å². The second-order valence-corrected chi connectivity index (χ2v) is 3.19. The third kappa shape index (κ3) is 1.20. The summed E-state index contributed by atoms with van der Waals surface area (Å²) in [6.45, 7) is 0. The molecule has 0 radical (unpaired) electrons. The number of aromatic nitrogens is 1. The summed E-state index contributed by atoms with van der Waals surface area (Å²) < 4.78 is 12.7. The molecule has 1 aliphatic carbocycles. The summed E-state index contributed by atoms with van der Waals surface area (Å²) >= 11 is 0. The predicted molar refractivity (Wildman–Crippen MR) is 42.2 cm³/mol. The molecule has 1 fully saturated rings. The molecule has 0 spiro atoms. The lowest BCUT2D eigenvalue weighted by Crippen LogP contribution is -2.28. The SMILES string of the molecule is OC1CCC1c1cncc(F)c1. The average Bonchev–Trinajstić information content (AvgIpc) is 2.02. The van der Waals surface area contributed by atoms with Gasteiger partial charge in [0.25, 0.3) is 0 Å². The fourth-order valence-electron chi connectivity index (χ4n) is 1.50. The third-order valence-corrected chi connectivity index (χ3v) is 2.39. The maximum atomic E-state index is 12.7. The average molecular weight is 167 g/mol. The van der Waals surface area contributed by atoms with Crippen LogP contribution in [0, 0.1) is 5.82 Å². The number of hydrogen-bond donors (Lipinski definition) is 1. The quantitative estimate of drug-likeness (QED) is 0.686. The zero-order valence-electron chi connectivity index (χ0n) is 6.57. The number of pyridine rings is 1. The van der Waals surface area contributed by atoms with Gasteiger partial charge in [-0.05, 0) is 24.5 Å². The van der Waals surface area contributed by atoms with Gasteiger partial charge in [-0.15, -0.1) is 0 Å². The highest BCUT2D eigenvalue weighted by molar-refractivity contribution is 5.20. The van der Waals surface area contributed by atoms with Gasteiger partial charge in [0.2, 0.25) is 0 Å². The van der Waals surface area contributed by atoms with Crippen molar-refractivity contribution in [1.82, 2.24) is 4.98 Å². The van der Waals surface area contributed by atoms with Crippen molar-refractivity contribution in [1.29, 1.82) is 0 Å². The third-order valence-electron chi connectivity index (χ3n) is 2.39. The van der Waals surface area contributed by atoms with Gasteiger partial charge in [0.1, 0.15) is 5.82 Å². The molecular formula is C9H10FNO. The summed E-state index contributed by atoms with van der Waals surface area (Å²) in [4.78, 5) is 3.74. The van der Waals surface area contributed by atoms with Crippen molar-refractivity contribution in [2.24, 2.45) is 0 Å². The second kappa shape index (κ2) is 2.83. The van der Waals surface area contributed by atoms with Crippen LogP contribution in [0.4, 0.5) is 4.39 Å². The molecule has 64 valence electrons. The van der Waals surface area contributed by atoms with Crippen molar-refractivity contribution in [2.45, 2.75) is 24.9 Å². The van der Waals surface area contributed by atoms with Gasteiger partial charge in [0.15, 0.2) is 0 Å². The second-order valence-electron chi connectivity index (χ2n) is 3.19. The molecule has 1 heterocycles. The normalized spacial score (nSPS) is 28.2. The van der Waals surface area contributed by atoms with E-state index in [1.165, 1.54) is 12.3 Å². The molecule has 3 heteroatoms. The van der Waals surface area contributed by atoms with Crippen LogP contribution >= 0.6 is 0 Å². The van der Waals surface area contributed by atoms with Crippen LogP contribution in [0.3, 0.4) is 0 Å². The summed E-state index contributed by atoms with van der Waals surface area (Å²) in [7, 11) is 0. The van der Waals surface area contributed by atoms with E-state index in [9.17, 15) is 9.50 Å². The fourth-order valence-corrected chi connectivity index (χ4v) is 1.50. The summed E-state index contributed by atoms with van der Waals surface area (Å²) in [6.07, 6.45) is 4.26. The van der Waals surface area contributed by atoms with E-state index in [0.29, 0.717) is 0 Å². The predicted octanol–water partition coefficient (Wildman–Crippen LogP) is 1.46. The Morgan fingerprint density at radius 1 is 1.42 bits per heavy atom. The minimum Gasteiger partial charge on any atom is -0.392 e. The Hall–Kier alpha value is -0.960. The lowest BCUT2D eigenvalue weighted by molar-refractivity contribution is 0.0658. The topological polar surface area (TPSA) is 33.1 Å². The lowest BCUT2D eigenvalue weighted by Gasteiger charge is -2.32. The standard InChI is InChI=1S/C9H10FNO/c10-7-3-6(4-11-5-7)8-1-2-9(8)12/h3-5,8-9,12H,1-2H2. The van der Waals surface area contributed by atoms with Crippen molar-refractivity contribution in [3.8, 4) is 0 Å². The first-order valence-corrected chi connectivity index (χ1v) is 4.06. The first-order valence-electron chi connectivity index (χ1n) is 4.06. The summed E-state index contributed by atoms with van der Waals surface area (Å²) in [5.74, 6) is -0.222. The van der Waals surface area contributed by atoms with Crippen LogP contribution in [-0.2, 0) is 0 Å². The van der Waals surface area contributed by atoms with E-state index in [1.807, 2.05) is 0 Å². The van der Waals surface area contributed by atoms with Crippen molar-refractivity contribution >= 4 is 0 Å². The van der Waals surface area contributed by atoms with Crippen molar-refractivity contribution in [3.63, 3.8) is 0 Å². The molecule has 2 unspecified atom stereocenters. The molecule has 2 nitrogen and oxygen atoms in total. The minimum atomic E-state index is -0.327. The molecule has 2 atom stereocenters. The first kappa shape index (κ1) is 7.68. The number of hydrogen-bond acceptors (Lipinski definition) is 2. The van der Waals surface area contributed by atoms with Crippen molar-refractivity contribution in [3.05, 3.63) is 29.8 Å². The molecule has 0 aliphatic heterocycles. The number of rotatable bonds is 1. The van der Waals surface area contributed by atoms with Gasteiger partial charge in [-0.1, -0.05) is 0 Å². The molecule has 1 N–H and O–H groups in total. The molecule has 0 aromatic carbocycles. The van der Waals surface area contributed by atoms with Crippen molar-refractivity contribution in [2.75, 3.05) is 0 Å². The Morgan fingerprint density at radius 2 is 2.25 bits per heavy atom. The van der Waals surface area contributed by atoms with Gasteiger partial charge in [-0.25, -0.2) is 4.39 Å². The monoisotopic (exact) mass is 167 g/mol. The van der Waals surface area contributed by atoms with Gasteiger partial charge >= 0.3 is 0 Å². The van der Waals surface area contributed by atoms with Gasteiger partial charge in [-0.2, -0.15) is 0 Å². The molecular weight excluding hydrogens is 157 g/mol. The van der Waals surface area contributed by atoms with E-state index in [0.717, 1.165) is 18.4 Å². The van der Waals surface area contributed by atoms with Crippen LogP contribution in [0.25, 0.3) is 0 Å². The van der Waals surface area contributed by atoms with Crippen molar-refractivity contribution < 1.29 is 9.50 Å². The van der Waals surface area contributed by atoms with Gasteiger partial charge < -0.3 is 5.11 Å². The Balaban J connectivity index is 2.22. The Kier molecular flexibility index (Phi) is 1.81. The van der Waals surface area contributed by atoms with E-state index < -0.39 is 0 Å². The molecule has 0 bridgehead atoms. The van der Waals surface area contributed by atoms with E-state index in [4.69, 9.17) is 0 Å². The molecule has 1 aromatic heterocycles. The smallest absolute Gasteiger partial charge is 0.141 e. The summed E-state index contributed by atoms with van der Waals surface area (Å²) in [5.41, 5.74) is 0.814. The number of halogens is 1. The molecule has 1 aromatic rings. The molecule has 12 heavy (non-hydrogen) atoms. The maximum Gasteiger partial charge on any atom is 0.141 e. The molecule has 0 saturated heterocycles. The van der Waals surface area contributed by atoms with Gasteiger partial charge in [-0.3, -0.25) is 4.98 Å². The Labute approximate surface area is 70.1 Å². The van der Waals surface area contributed by atoms with Crippen LogP contribution < -0.4 is 0 Å². The zero-order valence-corrected chi connectivity index (χ0v) is 6.57. The van der Waals surface area contributed by atoms with Gasteiger partial charge in [0.05, 0.1) is 12.3 Å². The highest BCUT2D eigenvalue weighted by atomic mass is 19.1. The highest BCUT2D eigenvalue weighted by Crippen LogP contribution is 2.36. The number of aliphatic hydroxyl groups is 1. The van der Waals surface area contributed by atoms with Crippen LogP contribution in [0.2, 0.25) is 0 Å². The van der Waals surface area contributed by atoms with E-state index in [-0.39, 0.29) is 17.8 Å². The van der Waals surface area contributed by atoms with Crippen LogP contribution in [0.15, 0.2) is 18.5 Å². The fraction of sp³-hybridized carbons (Fsp3) is 0.444. The maximum absolute atomic E-state index is 12.7. The summed E-state index contributed by atoms with van der Waals surface area (Å²) in [5, 5.41) is 9.30. The van der Waals surface area contributed by atoms with Crippen LogP contribution in [0.1, 0.15) is 24.3 Å². The molecule has 1 saturated carbocycles. The molecule has 0 amide bonds. The zero-order chi connectivity index (χ0) is 8.55. The van der Waals surface area contributed by atoms with Crippen LogP contribution in [0.5, 0.6) is 0 Å². The lowest BCUT2D eigenvalue weighted by atomic mass is 9.78. The van der Waals surface area contributed by atoms with E-state index >= 15 is 0 Å². The molecule has 1 aliphatic rings. The molecule has 2 rings (SSSR count). The number of nitrogens with zero attached hydrogens (tertiary/aromatic N) is 1. The highest BCUT2D eigenvalue weighted by Gasteiger charge is 2.30. The number of aliphatic hydroxyl groups excluding tert-OH is 1. The van der Waals surface area contributed by atoms with Gasteiger partial charge in [0, 0.05) is 12.1 Å². The Bertz CT molecular complexity index is 290. The largest absolute Gasteiger partial charge is 0.392 e. The summed E-state index contributed by atoms with van der Waals surface area (Å²) in [6, 6.07) is 1.44. The first-order chi connectivity index (χ1) is 5.77. The van der Waals surface area contributed by atoms with E-state index in [2.05, 4.69) is 4.98 Å². The minimum absolute atomic E-state index is 0.105. The Morgan fingerprint density at radius 3 is 2.75 bits per heavy atom. The van der Waals surface area contributed by atoms with E-state index in [1.54, 1.807) is 6.20 Å².